The van der Waals surface area contributed by atoms with Gasteiger partial charge in [0.25, 0.3) is 0 Å². The summed E-state index contributed by atoms with van der Waals surface area (Å²) >= 11 is 0. The lowest BCUT2D eigenvalue weighted by Crippen LogP contribution is -2.37. The first-order valence-corrected chi connectivity index (χ1v) is 8.28. The molecule has 1 fully saturated rings. The molecule has 0 atom stereocenters. The molecule has 7 nitrogen and oxygen atoms in total. The Bertz CT molecular complexity index is 1060. The Morgan fingerprint density at radius 2 is 2.23 bits per heavy atom. The van der Waals surface area contributed by atoms with E-state index in [-0.39, 0.29) is 5.82 Å². The highest BCUT2D eigenvalue weighted by Crippen LogP contribution is 2.35. The van der Waals surface area contributed by atoms with Crippen molar-refractivity contribution < 1.29 is 9.53 Å². The summed E-state index contributed by atoms with van der Waals surface area (Å²) < 4.78 is 4.82. The monoisotopic (exact) mass is 347 g/mol. The van der Waals surface area contributed by atoms with E-state index < -0.39 is 5.97 Å². The Labute approximate surface area is 150 Å². The summed E-state index contributed by atoms with van der Waals surface area (Å²) in [7, 11) is 1.32. The van der Waals surface area contributed by atoms with E-state index in [2.05, 4.69) is 20.9 Å². The van der Waals surface area contributed by atoms with Crippen molar-refractivity contribution in [3.05, 3.63) is 41.6 Å². The first-order valence-electron chi connectivity index (χ1n) is 8.28. The smallest absolute Gasteiger partial charge is 0.340 e. The molecule has 0 saturated carbocycles. The van der Waals surface area contributed by atoms with Gasteiger partial charge in [0.15, 0.2) is 0 Å². The van der Waals surface area contributed by atoms with Crippen LogP contribution in [0, 0.1) is 11.3 Å². The summed E-state index contributed by atoms with van der Waals surface area (Å²) in [6, 6.07) is 9.90. The normalized spacial score (nSPS) is 13.3. The van der Waals surface area contributed by atoms with E-state index >= 15 is 0 Å². The molecule has 0 amide bonds. The molecule has 130 valence electrons. The third kappa shape index (κ3) is 2.35. The van der Waals surface area contributed by atoms with E-state index in [0.29, 0.717) is 27.7 Å². The number of nitriles is 1. The molecule has 3 aromatic rings. The second kappa shape index (κ2) is 6.08. The number of nitrogens with one attached hydrogen (secondary N) is 1. The lowest BCUT2D eigenvalue weighted by molar-refractivity contribution is 0.0602. The zero-order valence-corrected chi connectivity index (χ0v) is 14.2. The highest BCUT2D eigenvalue weighted by atomic mass is 16.5. The quantitative estimate of drug-likeness (QED) is 0.705. The van der Waals surface area contributed by atoms with Gasteiger partial charge in [-0.15, -0.1) is 0 Å². The number of carbonyl (C=O) groups excluding carboxylic acids is 1. The fourth-order valence-electron chi connectivity index (χ4n) is 3.26. The van der Waals surface area contributed by atoms with E-state index in [1.54, 1.807) is 0 Å². The van der Waals surface area contributed by atoms with Crippen LogP contribution in [0.4, 0.5) is 11.5 Å². The lowest BCUT2D eigenvalue weighted by Gasteiger charge is -2.34. The number of nitrogens with two attached hydrogens (primary N) is 1. The van der Waals surface area contributed by atoms with Crippen LogP contribution >= 0.6 is 0 Å². The van der Waals surface area contributed by atoms with Crippen molar-refractivity contribution >= 4 is 28.4 Å². The maximum absolute atomic E-state index is 12.0. The zero-order chi connectivity index (χ0) is 18.3. The van der Waals surface area contributed by atoms with Crippen LogP contribution in [0.1, 0.15) is 22.3 Å². The van der Waals surface area contributed by atoms with Crippen molar-refractivity contribution in [2.24, 2.45) is 0 Å². The number of hydrogen-bond acceptors (Lipinski definition) is 6. The van der Waals surface area contributed by atoms with Crippen LogP contribution in [0.3, 0.4) is 0 Å². The van der Waals surface area contributed by atoms with Gasteiger partial charge in [0.2, 0.25) is 0 Å². The summed E-state index contributed by atoms with van der Waals surface area (Å²) in [5, 5.41) is 10.4. The van der Waals surface area contributed by atoms with Crippen LogP contribution in [0.2, 0.25) is 0 Å². The topological polar surface area (TPSA) is 108 Å². The van der Waals surface area contributed by atoms with E-state index in [1.165, 1.54) is 13.3 Å². The van der Waals surface area contributed by atoms with Crippen LogP contribution in [-0.4, -0.2) is 36.1 Å². The third-order valence-corrected chi connectivity index (χ3v) is 4.74. The minimum absolute atomic E-state index is 0.288. The Kier molecular flexibility index (Phi) is 3.73. The summed E-state index contributed by atoms with van der Waals surface area (Å²) in [6.45, 7) is 1.91. The number of anilines is 2. The average Bonchev–Trinajstić information content (AvgIpc) is 3.06. The van der Waals surface area contributed by atoms with Gasteiger partial charge in [-0.2, -0.15) is 5.26 Å². The molecular formula is C19H17N5O2. The highest BCUT2D eigenvalue weighted by molar-refractivity contribution is 6.07. The number of esters is 1. The molecule has 0 bridgehead atoms. The molecule has 1 aliphatic rings. The first-order chi connectivity index (χ1) is 12.6. The van der Waals surface area contributed by atoms with Gasteiger partial charge < -0.3 is 20.4 Å². The van der Waals surface area contributed by atoms with Crippen LogP contribution < -0.4 is 10.6 Å². The van der Waals surface area contributed by atoms with Crippen LogP contribution in [0.5, 0.6) is 0 Å². The molecule has 4 rings (SSSR count). The van der Waals surface area contributed by atoms with Gasteiger partial charge in [0.1, 0.15) is 11.9 Å². The number of pyridine rings is 1. The summed E-state index contributed by atoms with van der Waals surface area (Å²) in [5.74, 6) is -0.195. The number of aromatic amines is 1. The minimum Gasteiger partial charge on any atom is -0.465 e. The molecule has 1 aliphatic heterocycles. The van der Waals surface area contributed by atoms with Crippen molar-refractivity contribution in [1.29, 1.82) is 5.26 Å². The van der Waals surface area contributed by atoms with Crippen molar-refractivity contribution in [3.63, 3.8) is 0 Å². The number of nitrogens with zero attached hydrogens (tertiary/aromatic N) is 3. The average molecular weight is 347 g/mol. The molecule has 0 aliphatic carbocycles. The number of benzene rings is 1. The number of rotatable bonds is 3. The molecule has 1 aromatic carbocycles. The van der Waals surface area contributed by atoms with Gasteiger partial charge in [0.05, 0.1) is 29.4 Å². The second-order valence-corrected chi connectivity index (χ2v) is 6.17. The SMILES string of the molecule is COC(=O)c1cnc(N)c2[nH]c(-c3cccc(N4CCC4)c3C#N)cc12. The number of carbonyl (C=O) groups is 1. The van der Waals surface area contributed by atoms with Gasteiger partial charge in [0, 0.05) is 35.9 Å². The van der Waals surface area contributed by atoms with Crippen molar-refractivity contribution in [3.8, 4) is 17.3 Å². The number of hydrogen-bond donors (Lipinski definition) is 2. The molecule has 3 N–H and O–H groups in total. The predicted molar refractivity (Wildman–Crippen MR) is 98.8 cm³/mol. The molecular weight excluding hydrogens is 330 g/mol. The molecule has 26 heavy (non-hydrogen) atoms. The molecule has 3 heterocycles. The number of nitrogen functional groups attached to an aromatic ring is 1. The fraction of sp³-hybridized carbons (Fsp3) is 0.211. The molecule has 2 aromatic heterocycles. The van der Waals surface area contributed by atoms with Crippen molar-refractivity contribution in [1.82, 2.24) is 9.97 Å². The van der Waals surface area contributed by atoms with Gasteiger partial charge in [-0.1, -0.05) is 12.1 Å². The maximum atomic E-state index is 12.0. The van der Waals surface area contributed by atoms with Crippen LogP contribution in [-0.2, 0) is 4.74 Å². The molecule has 1 saturated heterocycles. The summed E-state index contributed by atoms with van der Waals surface area (Å²) in [5.41, 5.74) is 9.86. The molecule has 0 radical (unpaired) electrons. The molecule has 0 unspecified atom stereocenters. The van der Waals surface area contributed by atoms with Gasteiger partial charge >= 0.3 is 5.97 Å². The van der Waals surface area contributed by atoms with E-state index in [1.807, 2.05) is 24.3 Å². The van der Waals surface area contributed by atoms with Crippen LogP contribution in [0.15, 0.2) is 30.5 Å². The Balaban J connectivity index is 1.92. The van der Waals surface area contributed by atoms with Crippen molar-refractivity contribution in [2.45, 2.75) is 6.42 Å². The predicted octanol–water partition coefficient (Wildman–Crippen LogP) is 2.68. The number of methoxy groups -OCH3 is 1. The summed E-state index contributed by atoms with van der Waals surface area (Å²) in [4.78, 5) is 21.5. The third-order valence-electron chi connectivity index (χ3n) is 4.74. The minimum atomic E-state index is -0.483. The fourth-order valence-corrected chi connectivity index (χ4v) is 3.26. The number of ether oxygens (including phenoxy) is 1. The largest absolute Gasteiger partial charge is 0.465 e. The molecule has 0 spiro atoms. The standard InChI is InChI=1S/C19H17N5O2/c1-26-19(25)14-10-22-18(21)17-12(14)8-15(23-17)11-4-2-5-16(13(11)9-20)24-6-3-7-24/h2,4-5,8,10,23H,3,6-7H2,1H3,(H2,21,22). The van der Waals surface area contributed by atoms with E-state index in [4.69, 9.17) is 10.5 Å². The van der Waals surface area contributed by atoms with Gasteiger partial charge in [-0.3, -0.25) is 0 Å². The Hall–Kier alpha value is -3.53. The van der Waals surface area contributed by atoms with Gasteiger partial charge in [-0.25, -0.2) is 9.78 Å². The maximum Gasteiger partial charge on any atom is 0.340 e. The second-order valence-electron chi connectivity index (χ2n) is 6.17. The Morgan fingerprint density at radius 1 is 1.42 bits per heavy atom. The van der Waals surface area contributed by atoms with E-state index in [9.17, 15) is 10.1 Å². The molecule has 7 heteroatoms. The van der Waals surface area contributed by atoms with E-state index in [0.717, 1.165) is 30.8 Å². The first kappa shape index (κ1) is 16.0. The number of aromatic nitrogens is 2. The summed E-state index contributed by atoms with van der Waals surface area (Å²) in [6.07, 6.45) is 2.54. The lowest BCUT2D eigenvalue weighted by atomic mass is 10.0. The number of fused-ring (bicyclic) bond motifs is 1. The zero-order valence-electron chi connectivity index (χ0n) is 14.2. The highest BCUT2D eigenvalue weighted by Gasteiger charge is 2.22. The van der Waals surface area contributed by atoms with Crippen molar-refractivity contribution in [2.75, 3.05) is 30.8 Å². The van der Waals surface area contributed by atoms with Crippen LogP contribution in [0.25, 0.3) is 22.2 Å². The number of H-pyrrole nitrogens is 1. The van der Waals surface area contributed by atoms with Gasteiger partial charge in [-0.05, 0) is 18.6 Å². The Morgan fingerprint density at radius 3 is 2.88 bits per heavy atom.